The normalized spacial score (nSPS) is 11.7. The van der Waals surface area contributed by atoms with Crippen LogP contribution in [0.2, 0.25) is 0 Å². The Kier molecular flexibility index (Phi) is 10.4. The second-order valence-electron chi connectivity index (χ2n) is 9.80. The van der Waals surface area contributed by atoms with E-state index in [9.17, 15) is 10.2 Å². The number of aryl methyl sites for hydroxylation is 2. The fourth-order valence-electron chi connectivity index (χ4n) is 4.87. The molecule has 0 unspecified atom stereocenters. The zero-order chi connectivity index (χ0) is 23.5. The number of rotatable bonds is 16. The van der Waals surface area contributed by atoms with Crippen LogP contribution in [0, 0.1) is 0 Å². The lowest BCUT2D eigenvalue weighted by molar-refractivity contribution is 0.466. The molecule has 0 spiro atoms. The third kappa shape index (κ3) is 7.42. The monoisotopic (exact) mass is 452 g/mol. The average molecular weight is 453 g/mol. The number of hydrogen-bond acceptors (Lipinski definition) is 3. The van der Waals surface area contributed by atoms with Gasteiger partial charge in [-0.25, -0.2) is 0 Å². The molecule has 0 aliphatic heterocycles. The number of furan rings is 1. The van der Waals surface area contributed by atoms with Crippen molar-refractivity contribution in [2.24, 2.45) is 0 Å². The van der Waals surface area contributed by atoms with Gasteiger partial charge in [0, 0.05) is 10.8 Å². The van der Waals surface area contributed by atoms with E-state index in [-0.39, 0.29) is 0 Å². The van der Waals surface area contributed by atoms with Gasteiger partial charge in [0.2, 0.25) is 0 Å². The van der Waals surface area contributed by atoms with Crippen molar-refractivity contribution in [1.29, 1.82) is 0 Å². The van der Waals surface area contributed by atoms with Gasteiger partial charge >= 0.3 is 0 Å². The van der Waals surface area contributed by atoms with Crippen molar-refractivity contribution >= 4 is 21.9 Å². The molecule has 0 aliphatic carbocycles. The summed E-state index contributed by atoms with van der Waals surface area (Å²) in [5, 5.41) is 23.0. The van der Waals surface area contributed by atoms with E-state index >= 15 is 0 Å². The third-order valence-electron chi connectivity index (χ3n) is 6.97. The molecule has 2 N–H and O–H groups in total. The molecule has 0 aliphatic rings. The maximum Gasteiger partial charge on any atom is 0.135 e. The first-order valence-corrected chi connectivity index (χ1v) is 13.5. The van der Waals surface area contributed by atoms with Crippen LogP contribution < -0.4 is 0 Å². The van der Waals surface area contributed by atoms with Gasteiger partial charge in [0.25, 0.3) is 0 Å². The number of hydrogen-bond donors (Lipinski definition) is 2. The topological polar surface area (TPSA) is 53.6 Å². The molecular weight excluding hydrogens is 408 g/mol. The number of unbranched alkanes of at least 4 members (excludes halogenated alkanes) is 12. The van der Waals surface area contributed by atoms with Crippen LogP contribution in [0.1, 0.15) is 115 Å². The van der Waals surface area contributed by atoms with E-state index in [1.165, 1.54) is 77.0 Å². The van der Waals surface area contributed by atoms with Crippen molar-refractivity contribution in [3.05, 3.63) is 35.4 Å². The molecule has 3 nitrogen and oxygen atoms in total. The highest BCUT2D eigenvalue weighted by Crippen LogP contribution is 2.37. The second-order valence-corrected chi connectivity index (χ2v) is 9.80. The van der Waals surface area contributed by atoms with Gasteiger partial charge in [-0.15, -0.1) is 0 Å². The van der Waals surface area contributed by atoms with Crippen molar-refractivity contribution in [3.63, 3.8) is 0 Å². The number of phenolic OH excluding ortho intramolecular Hbond substituents is 2. The maximum atomic E-state index is 10.6. The van der Waals surface area contributed by atoms with Gasteiger partial charge in [0.05, 0.1) is 0 Å². The molecular formula is C30H44O3. The van der Waals surface area contributed by atoms with Crippen LogP contribution in [0.4, 0.5) is 0 Å². The Morgan fingerprint density at radius 2 is 0.879 bits per heavy atom. The van der Waals surface area contributed by atoms with Crippen LogP contribution in [0.3, 0.4) is 0 Å². The molecule has 33 heavy (non-hydrogen) atoms. The van der Waals surface area contributed by atoms with E-state index in [4.69, 9.17) is 4.42 Å². The lowest BCUT2D eigenvalue weighted by Gasteiger charge is -2.06. The SMILES string of the molecule is CCCCCCCCCc1cc2oc3cc(CCCCCCCCC)c(O)cc3c2cc1O. The summed E-state index contributed by atoms with van der Waals surface area (Å²) >= 11 is 0. The fourth-order valence-corrected chi connectivity index (χ4v) is 4.87. The fraction of sp³-hybridized carbons (Fsp3) is 0.600. The Hall–Kier alpha value is -2.16. The molecule has 0 saturated carbocycles. The molecule has 0 bridgehead atoms. The summed E-state index contributed by atoms with van der Waals surface area (Å²) in [6.45, 7) is 4.49. The van der Waals surface area contributed by atoms with Crippen LogP contribution in [-0.4, -0.2) is 10.2 Å². The highest BCUT2D eigenvalue weighted by molar-refractivity contribution is 6.06. The predicted molar refractivity (Wildman–Crippen MR) is 140 cm³/mol. The molecule has 0 radical (unpaired) electrons. The van der Waals surface area contributed by atoms with Crippen molar-refractivity contribution in [3.8, 4) is 11.5 Å². The van der Waals surface area contributed by atoms with E-state index in [0.717, 1.165) is 58.7 Å². The second kappa shape index (κ2) is 13.5. The minimum atomic E-state index is 0.336. The summed E-state index contributed by atoms with van der Waals surface area (Å²) in [5.41, 5.74) is 3.52. The van der Waals surface area contributed by atoms with Crippen LogP contribution in [0.15, 0.2) is 28.7 Å². The summed E-state index contributed by atoms with van der Waals surface area (Å²) in [6.07, 6.45) is 19.4. The molecule has 3 heteroatoms. The highest BCUT2D eigenvalue weighted by Gasteiger charge is 2.14. The minimum absolute atomic E-state index is 0.336. The maximum absolute atomic E-state index is 10.6. The average Bonchev–Trinajstić information content (AvgIpc) is 3.14. The zero-order valence-electron chi connectivity index (χ0n) is 20.9. The van der Waals surface area contributed by atoms with E-state index in [1.54, 1.807) is 0 Å². The summed E-state index contributed by atoms with van der Waals surface area (Å²) in [6, 6.07) is 7.61. The quantitative estimate of drug-likeness (QED) is 0.213. The largest absolute Gasteiger partial charge is 0.508 e. The summed E-state index contributed by atoms with van der Waals surface area (Å²) < 4.78 is 6.17. The van der Waals surface area contributed by atoms with E-state index in [0.29, 0.717) is 11.5 Å². The lowest BCUT2D eigenvalue weighted by atomic mass is 10.0. The van der Waals surface area contributed by atoms with Crippen molar-refractivity contribution < 1.29 is 14.6 Å². The Bertz CT molecular complexity index is 907. The predicted octanol–water partition coefficient (Wildman–Crippen LogP) is 9.58. The van der Waals surface area contributed by atoms with Crippen LogP contribution in [0.5, 0.6) is 11.5 Å². The van der Waals surface area contributed by atoms with Crippen molar-refractivity contribution in [1.82, 2.24) is 0 Å². The van der Waals surface area contributed by atoms with Gasteiger partial charge < -0.3 is 14.6 Å². The molecule has 0 atom stereocenters. The molecule has 182 valence electrons. The molecule has 3 aromatic rings. The van der Waals surface area contributed by atoms with Crippen LogP contribution in [-0.2, 0) is 12.8 Å². The Balaban J connectivity index is 1.60. The first-order chi connectivity index (χ1) is 16.1. The van der Waals surface area contributed by atoms with Crippen LogP contribution in [0.25, 0.3) is 21.9 Å². The Morgan fingerprint density at radius 3 is 1.27 bits per heavy atom. The summed E-state index contributed by atoms with van der Waals surface area (Å²) in [4.78, 5) is 0. The van der Waals surface area contributed by atoms with Gasteiger partial charge in [-0.1, -0.05) is 90.9 Å². The first-order valence-electron chi connectivity index (χ1n) is 13.5. The van der Waals surface area contributed by atoms with Gasteiger partial charge in [-0.2, -0.15) is 0 Å². The molecule has 0 fully saturated rings. The third-order valence-corrected chi connectivity index (χ3v) is 6.97. The van der Waals surface area contributed by atoms with E-state index < -0.39 is 0 Å². The molecule has 1 aromatic heterocycles. The lowest BCUT2D eigenvalue weighted by Crippen LogP contribution is -1.88. The number of fused-ring (bicyclic) bond motifs is 3. The van der Waals surface area contributed by atoms with Gasteiger partial charge in [-0.05, 0) is 61.1 Å². The summed E-state index contributed by atoms with van der Waals surface area (Å²) in [5.74, 6) is 0.672. The van der Waals surface area contributed by atoms with E-state index in [1.807, 2.05) is 24.3 Å². The first kappa shape index (κ1) is 25.5. The molecule has 0 saturated heterocycles. The van der Waals surface area contributed by atoms with Gasteiger partial charge in [0.1, 0.15) is 22.7 Å². The van der Waals surface area contributed by atoms with Gasteiger partial charge in [-0.3, -0.25) is 0 Å². The number of benzene rings is 2. The minimum Gasteiger partial charge on any atom is -0.508 e. The molecule has 2 aromatic carbocycles. The van der Waals surface area contributed by atoms with E-state index in [2.05, 4.69) is 13.8 Å². The standard InChI is InChI=1S/C30H44O3/c1-3-5-7-9-11-13-15-17-23-19-29-25(21-27(23)31)26-22-28(32)24(20-30(26)33-29)18-16-14-12-10-8-6-4-2/h19-22,31-32H,3-18H2,1-2H3. The molecule has 3 rings (SSSR count). The zero-order valence-corrected chi connectivity index (χ0v) is 20.9. The molecule has 1 heterocycles. The smallest absolute Gasteiger partial charge is 0.135 e. The molecule has 0 amide bonds. The summed E-state index contributed by atoms with van der Waals surface area (Å²) in [7, 11) is 0. The highest BCUT2D eigenvalue weighted by atomic mass is 16.3. The Labute approximate surface area is 200 Å². The Morgan fingerprint density at radius 1 is 0.515 bits per heavy atom. The number of phenols is 2. The van der Waals surface area contributed by atoms with Gasteiger partial charge in [0.15, 0.2) is 0 Å². The van der Waals surface area contributed by atoms with Crippen molar-refractivity contribution in [2.75, 3.05) is 0 Å². The van der Waals surface area contributed by atoms with Crippen molar-refractivity contribution in [2.45, 2.75) is 117 Å². The number of aromatic hydroxyl groups is 2. The van der Waals surface area contributed by atoms with Crippen LogP contribution >= 0.6 is 0 Å².